The normalized spacial score (nSPS) is 13.3. The Kier molecular flexibility index (Phi) is 5.33. The van der Waals surface area contributed by atoms with Gasteiger partial charge in [0.2, 0.25) is 0 Å². The van der Waals surface area contributed by atoms with Crippen LogP contribution in [0.1, 0.15) is 25.5 Å². The van der Waals surface area contributed by atoms with Crippen LogP contribution in [0.15, 0.2) is 53.3 Å². The van der Waals surface area contributed by atoms with E-state index in [0.717, 1.165) is 10.0 Å². The molecule has 0 fully saturated rings. The zero-order valence-corrected chi connectivity index (χ0v) is 13.5. The lowest BCUT2D eigenvalue weighted by Crippen LogP contribution is -2.37. The fourth-order valence-electron chi connectivity index (χ4n) is 1.85. The Morgan fingerprint density at radius 2 is 1.86 bits per heavy atom. The van der Waals surface area contributed by atoms with E-state index in [1.165, 1.54) is 0 Å². The van der Waals surface area contributed by atoms with Crippen molar-refractivity contribution in [3.05, 3.63) is 58.8 Å². The van der Waals surface area contributed by atoms with Gasteiger partial charge >= 0.3 is 0 Å². The number of hydrogen-bond donors (Lipinski definition) is 1. The Balaban J connectivity index is 1.95. The Morgan fingerprint density at radius 1 is 1.19 bits per heavy atom. The van der Waals surface area contributed by atoms with Crippen LogP contribution in [0.3, 0.4) is 0 Å². The lowest BCUT2D eigenvalue weighted by Gasteiger charge is -2.19. The van der Waals surface area contributed by atoms with Crippen molar-refractivity contribution in [1.82, 2.24) is 10.3 Å². The van der Waals surface area contributed by atoms with Crippen LogP contribution >= 0.6 is 15.9 Å². The summed E-state index contributed by atoms with van der Waals surface area (Å²) >= 11 is 3.40. The van der Waals surface area contributed by atoms with Crippen molar-refractivity contribution in [2.24, 2.45) is 0 Å². The van der Waals surface area contributed by atoms with Crippen molar-refractivity contribution < 1.29 is 9.53 Å². The first kappa shape index (κ1) is 15.5. The maximum Gasteiger partial charge on any atom is 0.261 e. The van der Waals surface area contributed by atoms with Crippen molar-refractivity contribution in [3.8, 4) is 5.75 Å². The van der Waals surface area contributed by atoms with Gasteiger partial charge in [-0.1, -0.05) is 12.1 Å². The topological polar surface area (TPSA) is 51.2 Å². The minimum absolute atomic E-state index is 0.0919. The van der Waals surface area contributed by atoms with E-state index in [0.29, 0.717) is 5.75 Å². The third kappa shape index (κ3) is 4.29. The van der Waals surface area contributed by atoms with E-state index in [-0.39, 0.29) is 11.9 Å². The molecule has 0 radical (unpaired) electrons. The standard InChI is InChI=1S/C16H17BrN2O2/c1-11(13-7-9-18-10-8-13)19-16(20)12(2)21-15-6-4-3-5-14(15)17/h3-12H,1-2H3,(H,19,20). The van der Waals surface area contributed by atoms with Crippen molar-refractivity contribution >= 4 is 21.8 Å². The number of amides is 1. The molecule has 2 aromatic rings. The van der Waals surface area contributed by atoms with Crippen LogP contribution in [0, 0.1) is 0 Å². The predicted octanol–water partition coefficient (Wildman–Crippen LogP) is 3.49. The molecule has 0 aliphatic rings. The zero-order valence-electron chi connectivity index (χ0n) is 11.9. The molecule has 1 aromatic heterocycles. The molecule has 1 amide bonds. The Hall–Kier alpha value is -1.88. The molecule has 0 bridgehead atoms. The molecule has 0 saturated carbocycles. The minimum Gasteiger partial charge on any atom is -0.480 e. The van der Waals surface area contributed by atoms with Gasteiger partial charge in [-0.15, -0.1) is 0 Å². The lowest BCUT2D eigenvalue weighted by atomic mass is 10.1. The summed E-state index contributed by atoms with van der Waals surface area (Å²) in [6.07, 6.45) is 2.84. The van der Waals surface area contributed by atoms with Crippen LogP contribution < -0.4 is 10.1 Å². The second kappa shape index (κ2) is 7.22. The predicted molar refractivity (Wildman–Crippen MR) is 85.0 cm³/mol. The summed E-state index contributed by atoms with van der Waals surface area (Å²) in [7, 11) is 0. The molecule has 1 aromatic carbocycles. The van der Waals surface area contributed by atoms with Gasteiger partial charge in [0.1, 0.15) is 5.75 Å². The number of carbonyl (C=O) groups is 1. The Labute approximate surface area is 132 Å². The van der Waals surface area contributed by atoms with E-state index in [1.807, 2.05) is 43.3 Å². The zero-order chi connectivity index (χ0) is 15.2. The summed E-state index contributed by atoms with van der Waals surface area (Å²) in [5.74, 6) is 0.492. The van der Waals surface area contributed by atoms with Gasteiger partial charge in [0.05, 0.1) is 10.5 Å². The molecule has 0 saturated heterocycles. The van der Waals surface area contributed by atoms with Crippen LogP contribution in [-0.2, 0) is 4.79 Å². The number of nitrogens with one attached hydrogen (secondary N) is 1. The molecule has 1 heterocycles. The Bertz CT molecular complexity index is 604. The highest BCUT2D eigenvalue weighted by Crippen LogP contribution is 2.25. The lowest BCUT2D eigenvalue weighted by molar-refractivity contribution is -0.127. The second-order valence-electron chi connectivity index (χ2n) is 4.70. The number of pyridine rings is 1. The molecule has 1 N–H and O–H groups in total. The SMILES string of the molecule is CC(Oc1ccccc1Br)C(=O)NC(C)c1ccncc1. The van der Waals surface area contributed by atoms with E-state index in [1.54, 1.807) is 19.3 Å². The summed E-state index contributed by atoms with van der Waals surface area (Å²) in [6, 6.07) is 11.1. The van der Waals surface area contributed by atoms with Crippen molar-refractivity contribution in [2.45, 2.75) is 26.0 Å². The molecule has 21 heavy (non-hydrogen) atoms. The molecule has 5 heteroatoms. The molecule has 2 rings (SSSR count). The van der Waals surface area contributed by atoms with Crippen LogP contribution in [0.5, 0.6) is 5.75 Å². The van der Waals surface area contributed by atoms with Crippen molar-refractivity contribution in [3.63, 3.8) is 0 Å². The number of hydrogen-bond acceptors (Lipinski definition) is 3. The largest absolute Gasteiger partial charge is 0.480 e. The van der Waals surface area contributed by atoms with Crippen LogP contribution in [0.4, 0.5) is 0 Å². The quantitative estimate of drug-likeness (QED) is 0.899. The van der Waals surface area contributed by atoms with Crippen LogP contribution in [-0.4, -0.2) is 17.0 Å². The number of nitrogens with zero attached hydrogens (tertiary/aromatic N) is 1. The average Bonchev–Trinajstić information content (AvgIpc) is 2.50. The summed E-state index contributed by atoms with van der Waals surface area (Å²) < 4.78 is 6.50. The monoisotopic (exact) mass is 348 g/mol. The highest BCUT2D eigenvalue weighted by atomic mass is 79.9. The Morgan fingerprint density at radius 3 is 2.52 bits per heavy atom. The van der Waals surface area contributed by atoms with Gasteiger partial charge in [-0.3, -0.25) is 9.78 Å². The molecular weight excluding hydrogens is 332 g/mol. The van der Waals surface area contributed by atoms with E-state index >= 15 is 0 Å². The fourth-order valence-corrected chi connectivity index (χ4v) is 2.23. The van der Waals surface area contributed by atoms with Gasteiger partial charge in [0, 0.05) is 12.4 Å². The number of aromatic nitrogens is 1. The van der Waals surface area contributed by atoms with E-state index in [2.05, 4.69) is 26.2 Å². The molecule has 2 atom stereocenters. The van der Waals surface area contributed by atoms with Gasteiger partial charge in [-0.25, -0.2) is 0 Å². The van der Waals surface area contributed by atoms with Crippen LogP contribution in [0.25, 0.3) is 0 Å². The molecule has 2 unspecified atom stereocenters. The first-order valence-electron chi connectivity index (χ1n) is 6.69. The first-order valence-corrected chi connectivity index (χ1v) is 7.48. The molecule has 0 aliphatic carbocycles. The highest BCUT2D eigenvalue weighted by Gasteiger charge is 2.18. The summed E-state index contributed by atoms with van der Waals surface area (Å²) in [5.41, 5.74) is 1.01. The van der Waals surface area contributed by atoms with Gasteiger partial charge < -0.3 is 10.1 Å². The summed E-state index contributed by atoms with van der Waals surface area (Å²) in [4.78, 5) is 16.1. The van der Waals surface area contributed by atoms with Crippen molar-refractivity contribution in [1.29, 1.82) is 0 Å². The van der Waals surface area contributed by atoms with Gasteiger partial charge in [0.25, 0.3) is 5.91 Å². The molecular formula is C16H17BrN2O2. The van der Waals surface area contributed by atoms with E-state index in [4.69, 9.17) is 4.74 Å². The summed E-state index contributed by atoms with van der Waals surface area (Å²) in [6.45, 7) is 3.66. The average molecular weight is 349 g/mol. The van der Waals surface area contributed by atoms with E-state index < -0.39 is 6.10 Å². The molecule has 0 spiro atoms. The maximum absolute atomic E-state index is 12.2. The molecule has 4 nitrogen and oxygen atoms in total. The maximum atomic E-state index is 12.2. The fraction of sp³-hybridized carbons (Fsp3) is 0.250. The minimum atomic E-state index is -0.576. The number of benzene rings is 1. The summed E-state index contributed by atoms with van der Waals surface area (Å²) in [5, 5.41) is 2.93. The second-order valence-corrected chi connectivity index (χ2v) is 5.56. The smallest absolute Gasteiger partial charge is 0.261 e. The van der Waals surface area contributed by atoms with Gasteiger partial charge in [-0.05, 0) is 59.6 Å². The van der Waals surface area contributed by atoms with Gasteiger partial charge in [-0.2, -0.15) is 0 Å². The third-order valence-electron chi connectivity index (χ3n) is 3.07. The number of para-hydroxylation sites is 1. The van der Waals surface area contributed by atoms with Crippen LogP contribution in [0.2, 0.25) is 0 Å². The van der Waals surface area contributed by atoms with Gasteiger partial charge in [0.15, 0.2) is 6.10 Å². The number of carbonyl (C=O) groups excluding carboxylic acids is 1. The number of ether oxygens (including phenoxy) is 1. The molecule has 0 aliphatic heterocycles. The first-order chi connectivity index (χ1) is 10.1. The number of halogens is 1. The molecule has 110 valence electrons. The van der Waals surface area contributed by atoms with Crippen molar-refractivity contribution in [2.75, 3.05) is 0 Å². The highest BCUT2D eigenvalue weighted by molar-refractivity contribution is 9.10. The third-order valence-corrected chi connectivity index (χ3v) is 3.73. The number of rotatable bonds is 5. The van der Waals surface area contributed by atoms with E-state index in [9.17, 15) is 4.79 Å².